The third-order valence-electron chi connectivity index (χ3n) is 2.69. The second kappa shape index (κ2) is 5.02. The summed E-state index contributed by atoms with van der Waals surface area (Å²) < 4.78 is 24.3. The van der Waals surface area contributed by atoms with E-state index < -0.39 is 30.0 Å². The maximum Gasteiger partial charge on any atom is 0.261 e. The summed E-state index contributed by atoms with van der Waals surface area (Å²) in [5, 5.41) is -0.938. The van der Waals surface area contributed by atoms with Crippen molar-refractivity contribution >= 4 is 23.4 Å². The topological polar surface area (TPSA) is 37.4 Å². The highest BCUT2D eigenvalue weighted by Crippen LogP contribution is 2.24. The first-order valence-electron chi connectivity index (χ1n) is 5.38. The van der Waals surface area contributed by atoms with Gasteiger partial charge < -0.3 is 0 Å². The van der Waals surface area contributed by atoms with E-state index in [1.165, 1.54) is 12.1 Å². The number of imide groups is 1. The Labute approximate surface area is 107 Å². The van der Waals surface area contributed by atoms with Crippen LogP contribution < -0.4 is 0 Å². The average molecular weight is 274 g/mol. The highest BCUT2D eigenvalue weighted by molar-refractivity contribution is 6.23. The molecule has 0 bridgehead atoms. The number of alkyl halides is 3. The van der Waals surface area contributed by atoms with Gasteiger partial charge in [0.05, 0.1) is 16.5 Å². The molecule has 2 rings (SSSR count). The molecule has 0 aliphatic carbocycles. The molecular weight excluding hydrogens is 264 g/mol. The number of benzene rings is 1. The zero-order chi connectivity index (χ0) is 13.3. The van der Waals surface area contributed by atoms with Crippen LogP contribution in [0.15, 0.2) is 24.3 Å². The van der Waals surface area contributed by atoms with Crippen LogP contribution in [0.1, 0.15) is 27.1 Å². The van der Waals surface area contributed by atoms with Crippen LogP contribution >= 0.6 is 11.6 Å². The number of carbonyl (C=O) groups excluding carboxylic acids is 2. The number of amides is 2. The molecule has 0 aromatic heterocycles. The molecule has 1 heterocycles. The van der Waals surface area contributed by atoms with Gasteiger partial charge >= 0.3 is 0 Å². The minimum atomic E-state index is -2.55. The fourth-order valence-electron chi connectivity index (χ4n) is 1.87. The number of rotatable bonds is 4. The zero-order valence-electron chi connectivity index (χ0n) is 9.28. The SMILES string of the molecule is O=C1c2ccccc2C(=O)N1CC(Cl)CC(F)F. The van der Waals surface area contributed by atoms with Gasteiger partial charge in [-0.25, -0.2) is 8.78 Å². The standard InChI is InChI=1S/C12H10ClF2NO2/c13-7(5-10(14)15)6-16-11(17)8-3-1-2-4-9(8)12(16)18/h1-4,7,10H,5-6H2. The molecular formula is C12H10ClF2NO2. The van der Waals surface area contributed by atoms with Crippen molar-refractivity contribution in [2.75, 3.05) is 6.54 Å². The fraction of sp³-hybridized carbons (Fsp3) is 0.333. The van der Waals surface area contributed by atoms with Crippen LogP contribution in [-0.4, -0.2) is 35.1 Å². The molecule has 1 aromatic carbocycles. The van der Waals surface area contributed by atoms with E-state index in [1.54, 1.807) is 12.1 Å². The predicted octanol–water partition coefficient (Wildman–Crippen LogP) is 2.55. The van der Waals surface area contributed by atoms with E-state index in [1.807, 2.05) is 0 Å². The van der Waals surface area contributed by atoms with Gasteiger partial charge in [-0.3, -0.25) is 14.5 Å². The summed E-state index contributed by atoms with van der Waals surface area (Å²) in [6.07, 6.45) is -3.10. The van der Waals surface area contributed by atoms with Gasteiger partial charge in [0.15, 0.2) is 0 Å². The summed E-state index contributed by atoms with van der Waals surface area (Å²) in [6, 6.07) is 6.35. The molecule has 1 aliphatic rings. The maximum atomic E-state index is 12.1. The first kappa shape index (κ1) is 13.0. The quantitative estimate of drug-likeness (QED) is 0.624. The molecule has 96 valence electrons. The normalized spacial score (nSPS) is 16.3. The Hall–Kier alpha value is -1.49. The van der Waals surface area contributed by atoms with E-state index in [0.29, 0.717) is 11.1 Å². The van der Waals surface area contributed by atoms with E-state index in [9.17, 15) is 18.4 Å². The van der Waals surface area contributed by atoms with E-state index >= 15 is 0 Å². The summed E-state index contributed by atoms with van der Waals surface area (Å²) in [6.45, 7) is -0.196. The summed E-state index contributed by atoms with van der Waals surface area (Å²) in [4.78, 5) is 24.7. The lowest BCUT2D eigenvalue weighted by Gasteiger charge is -2.17. The molecule has 0 radical (unpaired) electrons. The average Bonchev–Trinajstić information content (AvgIpc) is 2.54. The Morgan fingerprint density at radius 2 is 1.61 bits per heavy atom. The molecule has 1 atom stereocenters. The van der Waals surface area contributed by atoms with Crippen molar-refractivity contribution in [1.82, 2.24) is 4.90 Å². The monoisotopic (exact) mass is 273 g/mol. The molecule has 18 heavy (non-hydrogen) atoms. The summed E-state index contributed by atoms with van der Waals surface area (Å²) in [7, 11) is 0. The number of fused-ring (bicyclic) bond motifs is 1. The summed E-state index contributed by atoms with van der Waals surface area (Å²) >= 11 is 5.70. The smallest absolute Gasteiger partial charge is 0.261 e. The molecule has 1 aromatic rings. The second-order valence-electron chi connectivity index (χ2n) is 3.99. The van der Waals surface area contributed by atoms with Gasteiger partial charge in [-0.05, 0) is 12.1 Å². The predicted molar refractivity (Wildman–Crippen MR) is 62.1 cm³/mol. The van der Waals surface area contributed by atoms with Crippen molar-refractivity contribution in [2.24, 2.45) is 0 Å². The first-order chi connectivity index (χ1) is 8.50. The Morgan fingerprint density at radius 3 is 2.06 bits per heavy atom. The van der Waals surface area contributed by atoms with Crippen LogP contribution in [0.2, 0.25) is 0 Å². The van der Waals surface area contributed by atoms with Crippen LogP contribution in [0, 0.1) is 0 Å². The minimum Gasteiger partial charge on any atom is -0.273 e. The van der Waals surface area contributed by atoms with Gasteiger partial charge in [0.1, 0.15) is 0 Å². The number of nitrogens with zero attached hydrogens (tertiary/aromatic N) is 1. The Morgan fingerprint density at radius 1 is 1.11 bits per heavy atom. The van der Waals surface area contributed by atoms with Gasteiger partial charge in [-0.2, -0.15) is 0 Å². The third-order valence-corrected chi connectivity index (χ3v) is 3.01. The first-order valence-corrected chi connectivity index (χ1v) is 5.81. The fourth-order valence-corrected chi connectivity index (χ4v) is 2.14. The van der Waals surface area contributed by atoms with Crippen molar-refractivity contribution in [1.29, 1.82) is 0 Å². The van der Waals surface area contributed by atoms with Crippen molar-refractivity contribution < 1.29 is 18.4 Å². The van der Waals surface area contributed by atoms with Crippen LogP contribution in [0.5, 0.6) is 0 Å². The van der Waals surface area contributed by atoms with E-state index in [0.717, 1.165) is 4.90 Å². The summed E-state index contributed by atoms with van der Waals surface area (Å²) in [5.41, 5.74) is 0.590. The molecule has 1 aliphatic heterocycles. The number of carbonyl (C=O) groups is 2. The van der Waals surface area contributed by atoms with Crippen LogP contribution in [0.3, 0.4) is 0 Å². The van der Waals surface area contributed by atoms with E-state index in [-0.39, 0.29) is 6.54 Å². The number of hydrogen-bond acceptors (Lipinski definition) is 2. The molecule has 0 saturated heterocycles. The third kappa shape index (κ3) is 2.36. The molecule has 0 spiro atoms. The highest BCUT2D eigenvalue weighted by Gasteiger charge is 2.36. The lowest BCUT2D eigenvalue weighted by atomic mass is 10.1. The molecule has 6 heteroatoms. The van der Waals surface area contributed by atoms with Gasteiger partial charge in [0.2, 0.25) is 6.43 Å². The molecule has 0 saturated carbocycles. The Bertz CT molecular complexity index is 458. The second-order valence-corrected chi connectivity index (χ2v) is 4.61. The van der Waals surface area contributed by atoms with Gasteiger partial charge in [-0.15, -0.1) is 11.6 Å². The minimum absolute atomic E-state index is 0.196. The highest BCUT2D eigenvalue weighted by atomic mass is 35.5. The number of hydrogen-bond donors (Lipinski definition) is 0. The molecule has 0 N–H and O–H groups in total. The van der Waals surface area contributed by atoms with Crippen LogP contribution in [0.25, 0.3) is 0 Å². The lowest BCUT2D eigenvalue weighted by Crippen LogP contribution is -2.35. The van der Waals surface area contributed by atoms with Crippen molar-refractivity contribution in [3.8, 4) is 0 Å². The van der Waals surface area contributed by atoms with E-state index in [4.69, 9.17) is 11.6 Å². The van der Waals surface area contributed by atoms with Gasteiger partial charge in [0, 0.05) is 13.0 Å². The van der Waals surface area contributed by atoms with Crippen molar-refractivity contribution in [3.05, 3.63) is 35.4 Å². The van der Waals surface area contributed by atoms with Crippen LogP contribution in [0.4, 0.5) is 8.78 Å². The van der Waals surface area contributed by atoms with Crippen molar-refractivity contribution in [3.63, 3.8) is 0 Å². The molecule has 0 fully saturated rings. The molecule has 1 unspecified atom stereocenters. The Balaban J connectivity index is 2.14. The van der Waals surface area contributed by atoms with Gasteiger partial charge in [0.25, 0.3) is 11.8 Å². The largest absolute Gasteiger partial charge is 0.273 e. The van der Waals surface area contributed by atoms with Crippen LogP contribution in [-0.2, 0) is 0 Å². The summed E-state index contributed by atoms with van der Waals surface area (Å²) in [5.74, 6) is -0.953. The van der Waals surface area contributed by atoms with E-state index in [2.05, 4.69) is 0 Å². The Kier molecular flexibility index (Phi) is 3.61. The number of halogens is 3. The van der Waals surface area contributed by atoms with Gasteiger partial charge in [-0.1, -0.05) is 12.1 Å². The maximum absolute atomic E-state index is 12.1. The molecule has 3 nitrogen and oxygen atoms in total. The molecule has 2 amide bonds. The lowest BCUT2D eigenvalue weighted by molar-refractivity contribution is 0.0636. The van der Waals surface area contributed by atoms with Crippen molar-refractivity contribution in [2.45, 2.75) is 18.2 Å². The zero-order valence-corrected chi connectivity index (χ0v) is 10.0.